The van der Waals surface area contributed by atoms with Gasteiger partial charge in [0.25, 0.3) is 0 Å². The third kappa shape index (κ3) is 3.96. The van der Waals surface area contributed by atoms with Crippen molar-refractivity contribution in [3.8, 4) is 0 Å². The number of carbonyl (C=O) groups excluding carboxylic acids is 1. The third-order valence-electron chi connectivity index (χ3n) is 2.61. The van der Waals surface area contributed by atoms with Crippen LogP contribution in [0.3, 0.4) is 0 Å². The Balaban J connectivity index is 2.77. The van der Waals surface area contributed by atoms with Gasteiger partial charge in [0.15, 0.2) is 0 Å². The number of amides is 1. The molecule has 0 aliphatic rings. The van der Waals surface area contributed by atoms with Gasteiger partial charge >= 0.3 is 5.97 Å². The number of carboxylic acids is 1. The topological polar surface area (TPSA) is 84.2 Å². The summed E-state index contributed by atoms with van der Waals surface area (Å²) in [5, 5.41) is 15.8. The van der Waals surface area contributed by atoms with E-state index < -0.39 is 17.9 Å². The summed E-state index contributed by atoms with van der Waals surface area (Å²) in [5.41, 5.74) is 1.31. The summed E-state index contributed by atoms with van der Waals surface area (Å²) in [6, 6.07) is -0.991. The van der Waals surface area contributed by atoms with Crippen molar-refractivity contribution in [3.05, 3.63) is 35.1 Å². The van der Waals surface area contributed by atoms with E-state index >= 15 is 0 Å². The van der Waals surface area contributed by atoms with E-state index in [0.717, 1.165) is 0 Å². The van der Waals surface area contributed by atoms with E-state index in [9.17, 15) is 9.59 Å². The van der Waals surface area contributed by atoms with E-state index in [1.54, 1.807) is 14.0 Å². The van der Waals surface area contributed by atoms with Crippen molar-refractivity contribution in [2.75, 3.05) is 0 Å². The highest BCUT2D eigenvalue weighted by Gasteiger charge is 2.17. The first-order valence-corrected chi connectivity index (χ1v) is 6.26. The molecule has 0 saturated carbocycles. The molecule has 7 heteroatoms. The second-order valence-corrected chi connectivity index (χ2v) is 4.53. The molecule has 0 fully saturated rings. The number of nitrogens with one attached hydrogen (secondary N) is 1. The van der Waals surface area contributed by atoms with Crippen LogP contribution < -0.4 is 5.32 Å². The first-order chi connectivity index (χ1) is 9.36. The van der Waals surface area contributed by atoms with Crippen molar-refractivity contribution in [3.63, 3.8) is 0 Å². The Hall–Kier alpha value is -2.08. The summed E-state index contributed by atoms with van der Waals surface area (Å²) in [7, 11) is 1.69. The monoisotopic (exact) mass is 297 g/mol. The fourth-order valence-electron chi connectivity index (χ4n) is 1.60. The Labute approximate surface area is 121 Å². The van der Waals surface area contributed by atoms with Crippen molar-refractivity contribution in [2.45, 2.75) is 19.4 Å². The van der Waals surface area contributed by atoms with Crippen LogP contribution in [0.1, 0.15) is 17.7 Å². The maximum absolute atomic E-state index is 11.7. The van der Waals surface area contributed by atoms with E-state index in [0.29, 0.717) is 16.4 Å². The lowest BCUT2D eigenvalue weighted by molar-refractivity contribution is -0.141. The summed E-state index contributed by atoms with van der Waals surface area (Å²) < 4.78 is 1.49. The second kappa shape index (κ2) is 6.91. The molecule has 6 nitrogen and oxygen atoms in total. The predicted octanol–water partition coefficient (Wildman–Crippen LogP) is 1.54. The molecule has 1 heterocycles. The smallest absolute Gasteiger partial charge is 0.326 e. The van der Waals surface area contributed by atoms with Crippen LogP contribution in [0, 0.1) is 6.92 Å². The van der Waals surface area contributed by atoms with Crippen molar-refractivity contribution >= 4 is 29.6 Å². The number of hydrogen-bond acceptors (Lipinski definition) is 3. The minimum atomic E-state index is -1.11. The van der Waals surface area contributed by atoms with Crippen LogP contribution in [0.15, 0.2) is 18.7 Å². The molecule has 1 aromatic rings. The zero-order chi connectivity index (χ0) is 15.3. The van der Waals surface area contributed by atoms with Gasteiger partial charge in [-0.15, -0.1) is 6.58 Å². The minimum Gasteiger partial charge on any atom is -0.480 e. The van der Waals surface area contributed by atoms with Crippen molar-refractivity contribution in [1.82, 2.24) is 15.1 Å². The number of halogens is 1. The van der Waals surface area contributed by atoms with Gasteiger partial charge in [0.05, 0.1) is 5.69 Å². The molecule has 1 aromatic heterocycles. The Morgan fingerprint density at radius 2 is 2.25 bits per heavy atom. The molecule has 0 radical (unpaired) electrons. The molecule has 1 rings (SSSR count). The lowest BCUT2D eigenvalue weighted by Gasteiger charge is -2.10. The Morgan fingerprint density at radius 1 is 1.60 bits per heavy atom. The molecule has 2 N–H and O–H groups in total. The molecule has 0 aliphatic heterocycles. The summed E-state index contributed by atoms with van der Waals surface area (Å²) in [5.74, 6) is -1.62. The molecule has 1 atom stereocenters. The number of aromatic nitrogens is 2. The summed E-state index contributed by atoms with van der Waals surface area (Å²) in [4.78, 5) is 22.6. The van der Waals surface area contributed by atoms with E-state index in [2.05, 4.69) is 17.0 Å². The van der Waals surface area contributed by atoms with Crippen LogP contribution in [-0.2, 0) is 16.6 Å². The third-order valence-corrected chi connectivity index (χ3v) is 3.06. The maximum atomic E-state index is 11.7. The second-order valence-electron chi connectivity index (χ2n) is 4.17. The van der Waals surface area contributed by atoms with Gasteiger partial charge in [-0.3, -0.25) is 9.48 Å². The van der Waals surface area contributed by atoms with E-state index in [4.69, 9.17) is 16.7 Å². The highest BCUT2D eigenvalue weighted by Crippen LogP contribution is 2.19. The number of nitrogens with zero attached hydrogens (tertiary/aromatic N) is 2. The number of carbonyl (C=O) groups is 2. The zero-order valence-corrected chi connectivity index (χ0v) is 12.0. The maximum Gasteiger partial charge on any atom is 0.326 e. The summed E-state index contributed by atoms with van der Waals surface area (Å²) >= 11 is 6.01. The highest BCUT2D eigenvalue weighted by atomic mass is 35.5. The zero-order valence-electron chi connectivity index (χ0n) is 11.3. The van der Waals surface area contributed by atoms with Crippen LogP contribution in [0.2, 0.25) is 5.15 Å². The molecule has 0 aliphatic carbocycles. The normalized spacial score (nSPS) is 12.3. The molecule has 1 amide bonds. The van der Waals surface area contributed by atoms with Crippen LogP contribution >= 0.6 is 11.6 Å². The van der Waals surface area contributed by atoms with Gasteiger partial charge in [-0.05, 0) is 19.4 Å². The molecular formula is C13H16ClN3O3. The van der Waals surface area contributed by atoms with Crippen LogP contribution in [0.25, 0.3) is 6.08 Å². The predicted molar refractivity (Wildman–Crippen MR) is 76.4 cm³/mol. The summed E-state index contributed by atoms with van der Waals surface area (Å²) in [6.45, 7) is 5.21. The van der Waals surface area contributed by atoms with E-state index in [1.165, 1.54) is 22.9 Å². The number of carboxylic acid groups (broad SMARTS) is 1. The Morgan fingerprint density at radius 3 is 2.70 bits per heavy atom. The van der Waals surface area contributed by atoms with Crippen molar-refractivity contribution < 1.29 is 14.7 Å². The van der Waals surface area contributed by atoms with Crippen LogP contribution in [0.5, 0.6) is 0 Å². The lowest BCUT2D eigenvalue weighted by atomic mass is 10.2. The lowest BCUT2D eigenvalue weighted by Crippen LogP contribution is -2.39. The number of aliphatic carboxylic acids is 1. The average Bonchev–Trinajstić information content (AvgIpc) is 2.60. The van der Waals surface area contributed by atoms with E-state index in [1.807, 2.05) is 0 Å². The van der Waals surface area contributed by atoms with Gasteiger partial charge in [0.2, 0.25) is 5.91 Å². The Kier molecular flexibility index (Phi) is 5.52. The average molecular weight is 298 g/mol. The number of hydrogen-bond donors (Lipinski definition) is 2. The number of rotatable bonds is 6. The minimum absolute atomic E-state index is 0.154. The van der Waals surface area contributed by atoms with Crippen LogP contribution in [0.4, 0.5) is 0 Å². The molecule has 0 aromatic carbocycles. The molecule has 1 unspecified atom stereocenters. The number of aryl methyl sites for hydroxylation is 2. The first kappa shape index (κ1) is 16.0. The summed E-state index contributed by atoms with van der Waals surface area (Å²) in [6.07, 6.45) is 4.33. The molecule has 0 saturated heterocycles. The van der Waals surface area contributed by atoms with Gasteiger partial charge in [0, 0.05) is 18.7 Å². The largest absolute Gasteiger partial charge is 0.480 e. The molecule has 20 heavy (non-hydrogen) atoms. The molecule has 0 spiro atoms. The fraction of sp³-hybridized carbons (Fsp3) is 0.308. The van der Waals surface area contributed by atoms with Gasteiger partial charge in [-0.2, -0.15) is 5.10 Å². The van der Waals surface area contributed by atoms with Gasteiger partial charge in [-0.1, -0.05) is 17.7 Å². The SMILES string of the molecule is C=CCC(NC(=O)/C=C/c1c(C)nn(C)c1Cl)C(=O)O. The Bertz CT molecular complexity index is 563. The van der Waals surface area contributed by atoms with Crippen LogP contribution in [-0.4, -0.2) is 32.8 Å². The van der Waals surface area contributed by atoms with E-state index in [-0.39, 0.29) is 6.42 Å². The molecule has 0 bridgehead atoms. The fourth-order valence-corrected chi connectivity index (χ4v) is 1.84. The quantitative estimate of drug-likeness (QED) is 0.616. The first-order valence-electron chi connectivity index (χ1n) is 5.88. The van der Waals surface area contributed by atoms with Crippen molar-refractivity contribution in [1.29, 1.82) is 0 Å². The van der Waals surface area contributed by atoms with Crippen molar-refractivity contribution in [2.24, 2.45) is 7.05 Å². The van der Waals surface area contributed by atoms with Gasteiger partial charge in [0.1, 0.15) is 11.2 Å². The molecular weight excluding hydrogens is 282 g/mol. The van der Waals surface area contributed by atoms with Gasteiger partial charge < -0.3 is 10.4 Å². The van der Waals surface area contributed by atoms with Gasteiger partial charge in [-0.25, -0.2) is 4.79 Å². The highest BCUT2D eigenvalue weighted by molar-refractivity contribution is 6.31. The molecule has 108 valence electrons. The standard InChI is InChI=1S/C13H16ClN3O3/c1-4-5-10(13(19)20)15-11(18)7-6-9-8(2)16-17(3)12(9)14/h4,6-7,10H,1,5H2,2-3H3,(H,15,18)(H,19,20)/b7-6+.